The summed E-state index contributed by atoms with van der Waals surface area (Å²) in [6.45, 7) is 3.21. The van der Waals surface area contributed by atoms with Crippen LogP contribution < -0.4 is 15.8 Å². The summed E-state index contributed by atoms with van der Waals surface area (Å²) in [6, 6.07) is 14.2. The largest absolute Gasteiger partial charge is 0.355 e. The molecule has 0 atom stereocenters. The topological polar surface area (TPSA) is 67.2 Å². The second kappa shape index (κ2) is 8.89. The maximum absolute atomic E-state index is 13.2. The average molecular weight is 441 g/mol. The Hall–Kier alpha value is -3.19. The molecule has 3 aromatic rings. The number of amides is 1. The van der Waals surface area contributed by atoms with Crippen LogP contribution in [0.5, 0.6) is 0 Å². The molecule has 1 amide bonds. The number of piperidine rings is 1. The van der Waals surface area contributed by atoms with Crippen molar-refractivity contribution in [3.8, 4) is 5.69 Å². The van der Waals surface area contributed by atoms with E-state index in [9.17, 15) is 14.0 Å². The van der Waals surface area contributed by atoms with Crippen LogP contribution in [0.3, 0.4) is 0 Å². The van der Waals surface area contributed by atoms with Crippen molar-refractivity contribution < 1.29 is 9.18 Å². The maximum Gasteiger partial charge on any atom is 0.271 e. The average Bonchev–Trinajstić information content (AvgIpc) is 2.77. The van der Waals surface area contributed by atoms with Gasteiger partial charge in [-0.1, -0.05) is 17.7 Å². The first kappa shape index (κ1) is 21.1. The lowest BCUT2D eigenvalue weighted by atomic mass is 9.95. The van der Waals surface area contributed by atoms with E-state index in [0.717, 1.165) is 11.3 Å². The minimum absolute atomic E-state index is 0.0192. The molecule has 1 aliphatic rings. The SMILES string of the molecule is Cc1ccc(Cl)cc1NC(=O)C1CCN(c2ccc(=O)n(-c3ccc(F)cc3)n2)CC1. The smallest absolute Gasteiger partial charge is 0.271 e. The van der Waals surface area contributed by atoms with Crippen molar-refractivity contribution in [2.45, 2.75) is 19.8 Å². The lowest BCUT2D eigenvalue weighted by Crippen LogP contribution is -2.39. The van der Waals surface area contributed by atoms with E-state index in [0.29, 0.717) is 42.5 Å². The van der Waals surface area contributed by atoms with Crippen LogP contribution in [0.15, 0.2) is 59.4 Å². The van der Waals surface area contributed by atoms with E-state index in [1.54, 1.807) is 18.2 Å². The number of aromatic nitrogens is 2. The third-order valence-electron chi connectivity index (χ3n) is 5.50. The van der Waals surface area contributed by atoms with Crippen molar-refractivity contribution >= 4 is 29.0 Å². The number of halogens is 2. The number of carbonyl (C=O) groups is 1. The van der Waals surface area contributed by atoms with Crippen LogP contribution in [0.2, 0.25) is 5.02 Å². The number of nitrogens with one attached hydrogen (secondary N) is 1. The summed E-state index contributed by atoms with van der Waals surface area (Å²) in [5, 5.41) is 8.01. The van der Waals surface area contributed by atoms with E-state index in [2.05, 4.69) is 10.4 Å². The Bertz CT molecular complexity index is 1150. The van der Waals surface area contributed by atoms with Gasteiger partial charge >= 0.3 is 0 Å². The Kier molecular flexibility index (Phi) is 6.04. The Balaban J connectivity index is 1.43. The van der Waals surface area contributed by atoms with Gasteiger partial charge in [-0.2, -0.15) is 4.68 Å². The first-order valence-electron chi connectivity index (χ1n) is 10.1. The summed E-state index contributed by atoms with van der Waals surface area (Å²) in [5.74, 6) is 0.140. The fraction of sp³-hybridized carbons (Fsp3) is 0.261. The molecule has 1 N–H and O–H groups in total. The molecule has 0 bridgehead atoms. The van der Waals surface area contributed by atoms with Gasteiger partial charge in [0, 0.05) is 35.8 Å². The highest BCUT2D eigenvalue weighted by molar-refractivity contribution is 6.31. The lowest BCUT2D eigenvalue weighted by molar-refractivity contribution is -0.120. The molecule has 0 aliphatic carbocycles. The van der Waals surface area contributed by atoms with Gasteiger partial charge in [-0.15, -0.1) is 5.10 Å². The predicted molar refractivity (Wildman–Crippen MR) is 120 cm³/mol. The molecular formula is C23H22ClFN4O2. The zero-order chi connectivity index (χ0) is 22.0. The van der Waals surface area contributed by atoms with E-state index in [1.807, 2.05) is 17.9 Å². The van der Waals surface area contributed by atoms with Gasteiger partial charge in [0.15, 0.2) is 0 Å². The third kappa shape index (κ3) is 4.77. The lowest BCUT2D eigenvalue weighted by Gasteiger charge is -2.32. The summed E-state index contributed by atoms with van der Waals surface area (Å²) < 4.78 is 14.5. The van der Waals surface area contributed by atoms with E-state index in [-0.39, 0.29) is 23.2 Å². The monoisotopic (exact) mass is 440 g/mol. The van der Waals surface area contributed by atoms with Crippen molar-refractivity contribution in [3.63, 3.8) is 0 Å². The molecule has 31 heavy (non-hydrogen) atoms. The van der Waals surface area contributed by atoms with E-state index >= 15 is 0 Å². The van der Waals surface area contributed by atoms with Crippen molar-refractivity contribution in [1.29, 1.82) is 0 Å². The van der Waals surface area contributed by atoms with Crippen LogP contribution in [0, 0.1) is 18.7 Å². The van der Waals surface area contributed by atoms with Gasteiger partial charge in [0.25, 0.3) is 5.56 Å². The first-order chi connectivity index (χ1) is 14.9. The molecule has 1 saturated heterocycles. The molecule has 1 aliphatic heterocycles. The Morgan fingerprint density at radius 1 is 1.10 bits per heavy atom. The molecular weight excluding hydrogens is 419 g/mol. The molecule has 0 spiro atoms. The number of anilines is 2. The molecule has 6 nitrogen and oxygen atoms in total. The van der Waals surface area contributed by atoms with Gasteiger partial charge in [0.2, 0.25) is 5.91 Å². The number of benzene rings is 2. The normalized spacial score (nSPS) is 14.5. The Morgan fingerprint density at radius 3 is 2.52 bits per heavy atom. The van der Waals surface area contributed by atoms with Gasteiger partial charge in [-0.25, -0.2) is 4.39 Å². The third-order valence-corrected chi connectivity index (χ3v) is 5.74. The summed E-state index contributed by atoms with van der Waals surface area (Å²) in [5.41, 5.74) is 1.90. The van der Waals surface area contributed by atoms with Crippen molar-refractivity contribution in [1.82, 2.24) is 9.78 Å². The van der Waals surface area contributed by atoms with Crippen LogP contribution in [-0.4, -0.2) is 28.8 Å². The fourth-order valence-corrected chi connectivity index (χ4v) is 3.84. The predicted octanol–water partition coefficient (Wildman–Crippen LogP) is 4.19. The van der Waals surface area contributed by atoms with Gasteiger partial charge in [0.1, 0.15) is 11.6 Å². The summed E-state index contributed by atoms with van der Waals surface area (Å²) in [4.78, 5) is 27.0. The number of carbonyl (C=O) groups excluding carboxylic acids is 1. The van der Waals surface area contributed by atoms with Crippen LogP contribution >= 0.6 is 11.6 Å². The molecule has 8 heteroatoms. The zero-order valence-electron chi connectivity index (χ0n) is 17.0. The van der Waals surface area contributed by atoms with Crippen LogP contribution in [0.25, 0.3) is 5.69 Å². The van der Waals surface area contributed by atoms with Crippen molar-refractivity contribution in [3.05, 3.63) is 81.4 Å². The van der Waals surface area contributed by atoms with Gasteiger partial charge in [-0.05, 0) is 67.8 Å². The molecule has 2 aromatic carbocycles. The highest BCUT2D eigenvalue weighted by atomic mass is 35.5. The number of hydrogen-bond donors (Lipinski definition) is 1. The van der Waals surface area contributed by atoms with E-state index in [4.69, 9.17) is 11.6 Å². The molecule has 0 saturated carbocycles. The first-order valence-corrected chi connectivity index (χ1v) is 10.5. The molecule has 160 valence electrons. The van der Waals surface area contributed by atoms with Gasteiger partial charge < -0.3 is 10.2 Å². The zero-order valence-corrected chi connectivity index (χ0v) is 17.8. The van der Waals surface area contributed by atoms with Crippen molar-refractivity contribution in [2.24, 2.45) is 5.92 Å². The van der Waals surface area contributed by atoms with Gasteiger partial charge in [0.05, 0.1) is 5.69 Å². The highest BCUT2D eigenvalue weighted by Crippen LogP contribution is 2.25. The standard InChI is InChI=1S/C23H22ClFN4O2/c1-15-2-3-17(24)14-20(15)26-23(31)16-10-12-28(13-11-16)21-8-9-22(30)29(27-21)19-6-4-18(25)5-7-19/h2-9,14,16H,10-13H2,1H3,(H,26,31). The van der Waals surface area contributed by atoms with Crippen LogP contribution in [0.4, 0.5) is 15.9 Å². The van der Waals surface area contributed by atoms with E-state index in [1.165, 1.54) is 35.0 Å². The van der Waals surface area contributed by atoms with Crippen LogP contribution in [0.1, 0.15) is 18.4 Å². The van der Waals surface area contributed by atoms with Crippen molar-refractivity contribution in [2.75, 3.05) is 23.3 Å². The molecule has 2 heterocycles. The summed E-state index contributed by atoms with van der Waals surface area (Å²) >= 11 is 6.04. The fourth-order valence-electron chi connectivity index (χ4n) is 3.67. The number of nitrogens with zero attached hydrogens (tertiary/aromatic N) is 3. The molecule has 4 rings (SSSR count). The molecule has 1 fully saturated rings. The van der Waals surface area contributed by atoms with Gasteiger partial charge in [-0.3, -0.25) is 9.59 Å². The number of rotatable bonds is 4. The summed E-state index contributed by atoms with van der Waals surface area (Å²) in [6.07, 6.45) is 1.34. The molecule has 0 unspecified atom stereocenters. The molecule has 0 radical (unpaired) electrons. The van der Waals surface area contributed by atoms with E-state index < -0.39 is 0 Å². The minimum Gasteiger partial charge on any atom is -0.355 e. The van der Waals surface area contributed by atoms with Crippen LogP contribution in [-0.2, 0) is 4.79 Å². The highest BCUT2D eigenvalue weighted by Gasteiger charge is 2.26. The number of aryl methyl sites for hydroxylation is 1. The summed E-state index contributed by atoms with van der Waals surface area (Å²) in [7, 11) is 0. The Morgan fingerprint density at radius 2 is 1.81 bits per heavy atom. The Labute approximate surface area is 184 Å². The second-order valence-corrected chi connectivity index (χ2v) is 8.06. The minimum atomic E-state index is -0.374. The molecule has 1 aromatic heterocycles. The number of hydrogen-bond acceptors (Lipinski definition) is 4. The maximum atomic E-state index is 13.2. The second-order valence-electron chi connectivity index (χ2n) is 7.63. The quantitative estimate of drug-likeness (QED) is 0.660.